The van der Waals surface area contributed by atoms with Gasteiger partial charge < -0.3 is 15.6 Å². The monoisotopic (exact) mass is 539 g/mol. The third kappa shape index (κ3) is 5.20. The highest BCUT2D eigenvalue weighted by atomic mass is 35.5. The number of hydrogen-bond acceptors (Lipinski definition) is 5. The summed E-state index contributed by atoms with van der Waals surface area (Å²) in [5, 5.41) is 20.1. The van der Waals surface area contributed by atoms with Gasteiger partial charge in [-0.2, -0.15) is 18.4 Å². The number of H-pyrrole nitrogens is 2. The molecule has 0 bridgehead atoms. The number of anilines is 2. The lowest BCUT2D eigenvalue weighted by molar-refractivity contribution is -0.138. The van der Waals surface area contributed by atoms with Crippen LogP contribution < -0.4 is 10.6 Å². The second kappa shape index (κ2) is 9.98. The number of tetrazole rings is 1. The summed E-state index contributed by atoms with van der Waals surface area (Å²) in [4.78, 5) is 28.7. The first-order valence-electron chi connectivity index (χ1n) is 11.1. The van der Waals surface area contributed by atoms with Crippen molar-refractivity contribution in [1.82, 2.24) is 25.6 Å². The minimum atomic E-state index is -4.58. The van der Waals surface area contributed by atoms with E-state index in [1.807, 2.05) is 0 Å². The normalized spacial score (nSPS) is 11.5. The zero-order valence-electron chi connectivity index (χ0n) is 19.2. The Labute approximate surface area is 217 Å². The lowest BCUT2D eigenvalue weighted by atomic mass is 10.0. The molecule has 0 aliphatic heterocycles. The maximum Gasteiger partial charge on any atom is 0.416 e. The number of alkyl halides is 3. The molecule has 2 aromatic heterocycles. The van der Waals surface area contributed by atoms with Crippen molar-refractivity contribution >= 4 is 45.7 Å². The van der Waals surface area contributed by atoms with Crippen molar-refractivity contribution in [1.29, 1.82) is 0 Å². The third-order valence-corrected chi connectivity index (χ3v) is 5.90. The predicted octanol–water partition coefficient (Wildman–Crippen LogP) is 5.45. The van der Waals surface area contributed by atoms with E-state index >= 15 is 0 Å². The van der Waals surface area contributed by atoms with Gasteiger partial charge in [-0.25, -0.2) is 0 Å². The molecule has 0 unspecified atom stereocenters. The first-order valence-corrected chi connectivity index (χ1v) is 11.5. The number of benzene rings is 3. The predicted molar refractivity (Wildman–Crippen MR) is 135 cm³/mol. The molecule has 9 nitrogen and oxygen atoms in total. The van der Waals surface area contributed by atoms with Crippen LogP contribution in [0.15, 0.2) is 66.7 Å². The number of amides is 2. The molecular weight excluding hydrogens is 523 g/mol. The molecule has 0 saturated carbocycles. The number of hydrogen-bond donors (Lipinski definition) is 4. The number of aromatic nitrogens is 5. The number of carbonyl (C=O) groups is 2. The fraction of sp³-hybridized carbons (Fsp3) is 0.0800. The quantitative estimate of drug-likeness (QED) is 0.228. The van der Waals surface area contributed by atoms with Gasteiger partial charge in [0, 0.05) is 16.0 Å². The molecule has 5 aromatic rings. The van der Waals surface area contributed by atoms with Crippen LogP contribution >= 0.6 is 11.6 Å². The Morgan fingerprint density at radius 1 is 0.947 bits per heavy atom. The maximum absolute atomic E-state index is 13.3. The van der Waals surface area contributed by atoms with Crippen LogP contribution in [0.1, 0.15) is 21.6 Å². The molecule has 5 rings (SSSR count). The average molecular weight is 540 g/mol. The van der Waals surface area contributed by atoms with Crippen molar-refractivity contribution in [3.05, 3.63) is 88.6 Å². The number of nitrogens with one attached hydrogen (secondary N) is 4. The number of aromatic amines is 2. The standard InChI is InChI=1S/C25H17ClF3N7O2/c26-15-8-9-18(16(12-15)23-33-35-36-34-23)32-24(38)20-10-14-5-3-7-19(22(14)31-20)30-21(37)11-13-4-1-2-6-17(13)25(27,28)29/h1-10,12,31H,11H2,(H,30,37)(H,32,38)(H,33,34,35,36). The molecule has 0 aliphatic rings. The molecule has 0 radical (unpaired) electrons. The summed E-state index contributed by atoms with van der Waals surface area (Å²) in [5.74, 6) is -0.901. The van der Waals surface area contributed by atoms with E-state index in [1.54, 1.807) is 42.5 Å². The highest BCUT2D eigenvalue weighted by Crippen LogP contribution is 2.33. The van der Waals surface area contributed by atoms with Crippen LogP contribution in [0.2, 0.25) is 5.02 Å². The van der Waals surface area contributed by atoms with Gasteiger partial charge in [0.1, 0.15) is 5.69 Å². The summed E-state index contributed by atoms with van der Waals surface area (Å²) in [6.07, 6.45) is -5.05. The Bertz CT molecular complexity index is 1650. The fourth-order valence-electron chi connectivity index (χ4n) is 3.98. The molecular formula is C25H17ClF3N7O2. The fourth-order valence-corrected chi connectivity index (χ4v) is 4.15. The molecule has 192 valence electrons. The van der Waals surface area contributed by atoms with E-state index in [4.69, 9.17) is 11.6 Å². The second-order valence-corrected chi connectivity index (χ2v) is 8.65. The van der Waals surface area contributed by atoms with Crippen molar-refractivity contribution in [2.75, 3.05) is 10.6 Å². The van der Waals surface area contributed by atoms with E-state index in [2.05, 4.69) is 36.2 Å². The van der Waals surface area contributed by atoms with E-state index in [1.165, 1.54) is 18.2 Å². The maximum atomic E-state index is 13.3. The van der Waals surface area contributed by atoms with Crippen LogP contribution in [-0.4, -0.2) is 37.4 Å². The first kappa shape index (κ1) is 25.0. The minimum absolute atomic E-state index is 0.142. The summed E-state index contributed by atoms with van der Waals surface area (Å²) in [6, 6.07) is 16.2. The molecule has 0 spiro atoms. The molecule has 13 heteroatoms. The molecule has 4 N–H and O–H groups in total. The van der Waals surface area contributed by atoms with Gasteiger partial charge in [0.15, 0.2) is 0 Å². The van der Waals surface area contributed by atoms with Crippen molar-refractivity contribution in [2.24, 2.45) is 0 Å². The minimum Gasteiger partial charge on any atom is -0.349 e. The number of carbonyl (C=O) groups excluding carboxylic acids is 2. The molecule has 38 heavy (non-hydrogen) atoms. The molecule has 0 aliphatic carbocycles. The summed E-state index contributed by atoms with van der Waals surface area (Å²) >= 11 is 6.09. The van der Waals surface area contributed by atoms with Gasteiger partial charge >= 0.3 is 6.18 Å². The lowest BCUT2D eigenvalue weighted by Gasteiger charge is -2.13. The van der Waals surface area contributed by atoms with Crippen molar-refractivity contribution in [2.45, 2.75) is 12.6 Å². The summed E-state index contributed by atoms with van der Waals surface area (Å²) in [6.45, 7) is 0. The zero-order chi connectivity index (χ0) is 26.9. The smallest absolute Gasteiger partial charge is 0.349 e. The molecule has 2 heterocycles. The number of rotatable bonds is 6. The third-order valence-electron chi connectivity index (χ3n) is 5.66. The SMILES string of the molecule is O=C(Cc1ccccc1C(F)(F)F)Nc1cccc2cc(C(=O)Nc3ccc(Cl)cc3-c3nn[nH]n3)[nH]c12. The Hall–Kier alpha value is -4.71. The Kier molecular flexibility index (Phi) is 6.55. The van der Waals surface area contributed by atoms with Crippen LogP contribution in [0.3, 0.4) is 0 Å². The molecule has 0 saturated heterocycles. The van der Waals surface area contributed by atoms with Gasteiger partial charge in [0.2, 0.25) is 11.7 Å². The van der Waals surface area contributed by atoms with Crippen molar-refractivity contribution in [3.63, 3.8) is 0 Å². The topological polar surface area (TPSA) is 128 Å². The summed E-state index contributed by atoms with van der Waals surface area (Å²) < 4.78 is 39.9. The van der Waals surface area contributed by atoms with E-state index in [-0.39, 0.29) is 17.1 Å². The lowest BCUT2D eigenvalue weighted by Crippen LogP contribution is -2.18. The van der Waals surface area contributed by atoms with Gasteiger partial charge in [-0.05, 0) is 47.2 Å². The Morgan fingerprint density at radius 3 is 2.53 bits per heavy atom. The number of nitrogens with zero attached hydrogens (tertiary/aromatic N) is 3. The highest BCUT2D eigenvalue weighted by molar-refractivity contribution is 6.31. The van der Waals surface area contributed by atoms with Crippen LogP contribution in [0, 0.1) is 0 Å². The highest BCUT2D eigenvalue weighted by Gasteiger charge is 2.33. The molecule has 0 fully saturated rings. The van der Waals surface area contributed by atoms with Gasteiger partial charge in [-0.15, -0.1) is 10.2 Å². The summed E-state index contributed by atoms with van der Waals surface area (Å²) in [5.41, 5.74) is 0.753. The van der Waals surface area contributed by atoms with Crippen LogP contribution in [0.5, 0.6) is 0 Å². The van der Waals surface area contributed by atoms with E-state index in [0.29, 0.717) is 32.9 Å². The zero-order valence-corrected chi connectivity index (χ0v) is 20.0. The molecule has 3 aromatic carbocycles. The van der Waals surface area contributed by atoms with Crippen molar-refractivity contribution < 1.29 is 22.8 Å². The number of para-hydroxylation sites is 1. The Balaban J connectivity index is 1.37. The number of fused-ring (bicyclic) bond motifs is 1. The second-order valence-electron chi connectivity index (χ2n) is 8.21. The van der Waals surface area contributed by atoms with E-state index in [0.717, 1.165) is 6.07 Å². The van der Waals surface area contributed by atoms with E-state index in [9.17, 15) is 22.8 Å². The Morgan fingerprint density at radius 2 is 1.76 bits per heavy atom. The number of halogens is 4. The van der Waals surface area contributed by atoms with Gasteiger partial charge in [-0.1, -0.05) is 41.9 Å². The van der Waals surface area contributed by atoms with Crippen LogP contribution in [0.4, 0.5) is 24.5 Å². The first-order chi connectivity index (χ1) is 18.2. The van der Waals surface area contributed by atoms with E-state index < -0.39 is 30.0 Å². The van der Waals surface area contributed by atoms with Crippen molar-refractivity contribution in [3.8, 4) is 11.4 Å². The molecule has 0 atom stereocenters. The van der Waals surface area contributed by atoms with Crippen LogP contribution in [0.25, 0.3) is 22.3 Å². The molecule has 2 amide bonds. The van der Waals surface area contributed by atoms with Gasteiger partial charge in [0.05, 0.1) is 28.9 Å². The van der Waals surface area contributed by atoms with Crippen LogP contribution in [-0.2, 0) is 17.4 Å². The van der Waals surface area contributed by atoms with Gasteiger partial charge in [0.25, 0.3) is 5.91 Å². The average Bonchev–Trinajstić information content (AvgIpc) is 3.56. The summed E-state index contributed by atoms with van der Waals surface area (Å²) in [7, 11) is 0. The largest absolute Gasteiger partial charge is 0.416 e. The van der Waals surface area contributed by atoms with Gasteiger partial charge in [-0.3, -0.25) is 9.59 Å².